The van der Waals surface area contributed by atoms with Crippen molar-refractivity contribution in [2.45, 2.75) is 18.8 Å². The topological polar surface area (TPSA) is 41.8 Å². The second-order valence-corrected chi connectivity index (χ2v) is 5.84. The molecule has 0 radical (unpaired) electrons. The highest BCUT2D eigenvalue weighted by Gasteiger charge is 2.42. The normalized spacial score (nSPS) is 23.6. The first-order valence-corrected chi connectivity index (χ1v) is 7.01. The molecule has 3 nitrogen and oxygen atoms in total. The molecule has 1 N–H and O–H groups in total. The van der Waals surface area contributed by atoms with Crippen LogP contribution in [0.5, 0.6) is 5.75 Å². The van der Waals surface area contributed by atoms with Crippen molar-refractivity contribution >= 4 is 17.0 Å². The lowest BCUT2D eigenvalue weighted by molar-refractivity contribution is 0.317. The summed E-state index contributed by atoms with van der Waals surface area (Å²) in [6.07, 6.45) is 0.700. The molecule has 19 heavy (non-hydrogen) atoms. The molecule has 1 aromatic heterocycles. The average molecular weight is 273 g/mol. The van der Waals surface area contributed by atoms with Crippen LogP contribution in [0, 0.1) is 0 Å². The molecule has 1 aromatic carbocycles. The van der Waals surface area contributed by atoms with E-state index in [0.29, 0.717) is 6.42 Å². The van der Waals surface area contributed by atoms with Crippen LogP contribution in [-0.2, 0) is 5.41 Å². The number of para-hydroxylation sites is 1. The second-order valence-electron chi connectivity index (χ2n) is 4.92. The van der Waals surface area contributed by atoms with E-state index in [1.54, 1.807) is 18.4 Å². The van der Waals surface area contributed by atoms with Gasteiger partial charge in [-0.05, 0) is 23.1 Å². The van der Waals surface area contributed by atoms with Crippen LogP contribution in [0.25, 0.3) is 0 Å². The third-order valence-corrected chi connectivity index (χ3v) is 4.83. The Bertz CT molecular complexity index is 647. The molecule has 1 atom stereocenters. The molecule has 1 aliphatic rings. The number of thiophene rings is 1. The summed E-state index contributed by atoms with van der Waals surface area (Å²) in [6, 6.07) is 10.2. The molecule has 98 valence electrons. The Morgan fingerprint density at radius 2 is 2.05 bits per heavy atom. The fourth-order valence-corrected chi connectivity index (χ4v) is 3.91. The number of hydrogen-bond donors (Lipinski definition) is 1. The number of rotatable bonds is 2. The summed E-state index contributed by atoms with van der Waals surface area (Å²) in [5, 5.41) is 14.7. The van der Waals surface area contributed by atoms with Gasteiger partial charge in [0.05, 0.1) is 17.7 Å². The minimum Gasteiger partial charge on any atom is -0.496 e. The second kappa shape index (κ2) is 4.38. The molecular formula is C15H15NO2S. The maximum atomic E-state index is 9.20. The quantitative estimate of drug-likeness (QED) is 0.670. The Kier molecular flexibility index (Phi) is 2.82. The Hall–Kier alpha value is -1.81. The molecule has 0 saturated heterocycles. The van der Waals surface area contributed by atoms with Crippen molar-refractivity contribution in [1.82, 2.24) is 0 Å². The van der Waals surface area contributed by atoms with Gasteiger partial charge in [0.2, 0.25) is 0 Å². The maximum absolute atomic E-state index is 9.20. The number of oxime groups is 1. The number of fused-ring (bicyclic) bond motifs is 1. The van der Waals surface area contributed by atoms with Gasteiger partial charge in [0, 0.05) is 17.4 Å². The first-order chi connectivity index (χ1) is 9.20. The standard InChI is InChI=1S/C15H15NO2S/c1-15(10-5-3-4-6-13(10)18-2)9-12(16-17)14-11(15)7-8-19-14/h3-8,17H,9H2,1-2H3. The zero-order chi connectivity index (χ0) is 13.5. The van der Waals surface area contributed by atoms with Gasteiger partial charge < -0.3 is 9.94 Å². The molecule has 0 spiro atoms. The van der Waals surface area contributed by atoms with Gasteiger partial charge in [-0.15, -0.1) is 11.3 Å². The van der Waals surface area contributed by atoms with Gasteiger partial charge in [-0.25, -0.2) is 0 Å². The summed E-state index contributed by atoms with van der Waals surface area (Å²) in [4.78, 5) is 1.08. The van der Waals surface area contributed by atoms with Crippen LogP contribution in [0.1, 0.15) is 29.3 Å². The van der Waals surface area contributed by atoms with E-state index >= 15 is 0 Å². The van der Waals surface area contributed by atoms with Crippen LogP contribution in [0.15, 0.2) is 40.9 Å². The lowest BCUT2D eigenvalue weighted by Gasteiger charge is -2.26. The van der Waals surface area contributed by atoms with E-state index in [4.69, 9.17) is 4.74 Å². The number of hydrogen-bond acceptors (Lipinski definition) is 4. The Balaban J connectivity index is 2.21. The SMILES string of the molecule is COc1ccccc1C1(C)CC(=NO)c2sccc21. The van der Waals surface area contributed by atoms with Gasteiger partial charge in [0.1, 0.15) is 5.75 Å². The van der Waals surface area contributed by atoms with Crippen molar-refractivity contribution in [2.75, 3.05) is 7.11 Å². The van der Waals surface area contributed by atoms with Gasteiger partial charge in [0.25, 0.3) is 0 Å². The van der Waals surface area contributed by atoms with E-state index in [2.05, 4.69) is 24.2 Å². The predicted molar refractivity (Wildman–Crippen MR) is 76.7 cm³/mol. The molecule has 3 rings (SSSR count). The Morgan fingerprint density at radius 1 is 1.26 bits per heavy atom. The molecule has 4 heteroatoms. The van der Waals surface area contributed by atoms with E-state index < -0.39 is 0 Å². The summed E-state index contributed by atoms with van der Waals surface area (Å²) in [5.74, 6) is 0.876. The fraction of sp³-hybridized carbons (Fsp3) is 0.267. The zero-order valence-corrected chi connectivity index (χ0v) is 11.7. The number of methoxy groups -OCH3 is 1. The van der Waals surface area contributed by atoms with Gasteiger partial charge >= 0.3 is 0 Å². The Labute approximate surface area is 116 Å². The molecule has 0 aliphatic heterocycles. The average Bonchev–Trinajstić information content (AvgIpc) is 3.02. The summed E-state index contributed by atoms with van der Waals surface area (Å²) in [6.45, 7) is 2.18. The van der Waals surface area contributed by atoms with Crippen LogP contribution in [0.2, 0.25) is 0 Å². The molecule has 1 unspecified atom stereocenters. The van der Waals surface area contributed by atoms with Crippen LogP contribution in [0.4, 0.5) is 0 Å². The molecule has 0 saturated carbocycles. The third kappa shape index (κ3) is 1.67. The summed E-state index contributed by atoms with van der Waals surface area (Å²) < 4.78 is 5.48. The van der Waals surface area contributed by atoms with Crippen molar-refractivity contribution in [1.29, 1.82) is 0 Å². The van der Waals surface area contributed by atoms with E-state index in [9.17, 15) is 5.21 Å². The maximum Gasteiger partial charge on any atom is 0.122 e. The number of benzene rings is 1. The molecule has 1 aliphatic carbocycles. The first-order valence-electron chi connectivity index (χ1n) is 6.13. The monoisotopic (exact) mass is 273 g/mol. The van der Waals surface area contributed by atoms with Crippen LogP contribution >= 0.6 is 11.3 Å². The molecule has 0 amide bonds. The number of ether oxygens (including phenoxy) is 1. The van der Waals surface area contributed by atoms with Gasteiger partial charge in [0.15, 0.2) is 0 Å². The van der Waals surface area contributed by atoms with Gasteiger partial charge in [-0.1, -0.05) is 30.3 Å². The summed E-state index contributed by atoms with van der Waals surface area (Å²) in [5.41, 5.74) is 2.92. The lowest BCUT2D eigenvalue weighted by atomic mass is 9.77. The highest BCUT2D eigenvalue weighted by Crippen LogP contribution is 2.48. The highest BCUT2D eigenvalue weighted by atomic mass is 32.1. The Morgan fingerprint density at radius 3 is 2.79 bits per heavy atom. The van der Waals surface area contributed by atoms with Crippen LogP contribution < -0.4 is 4.74 Å². The van der Waals surface area contributed by atoms with Crippen molar-refractivity contribution in [3.63, 3.8) is 0 Å². The molecular weight excluding hydrogens is 258 g/mol. The summed E-state index contributed by atoms with van der Waals surface area (Å²) in [7, 11) is 1.69. The largest absolute Gasteiger partial charge is 0.496 e. The van der Waals surface area contributed by atoms with E-state index in [-0.39, 0.29) is 5.41 Å². The summed E-state index contributed by atoms with van der Waals surface area (Å²) >= 11 is 1.62. The van der Waals surface area contributed by atoms with E-state index in [1.807, 2.05) is 23.6 Å². The van der Waals surface area contributed by atoms with Gasteiger partial charge in [-0.3, -0.25) is 0 Å². The number of nitrogens with zero attached hydrogens (tertiary/aromatic N) is 1. The third-order valence-electron chi connectivity index (χ3n) is 3.86. The lowest BCUT2D eigenvalue weighted by Crippen LogP contribution is -2.21. The van der Waals surface area contributed by atoms with Crippen molar-refractivity contribution in [3.05, 3.63) is 51.7 Å². The van der Waals surface area contributed by atoms with Crippen LogP contribution in [-0.4, -0.2) is 18.0 Å². The molecule has 1 heterocycles. The molecule has 0 fully saturated rings. The first kappa shape index (κ1) is 12.2. The molecule has 0 bridgehead atoms. The van der Waals surface area contributed by atoms with Crippen molar-refractivity contribution in [3.8, 4) is 5.75 Å². The molecule has 2 aromatic rings. The fourth-order valence-electron chi connectivity index (χ4n) is 2.90. The van der Waals surface area contributed by atoms with Crippen molar-refractivity contribution in [2.24, 2.45) is 5.16 Å². The van der Waals surface area contributed by atoms with Crippen LogP contribution in [0.3, 0.4) is 0 Å². The zero-order valence-electron chi connectivity index (χ0n) is 10.9. The van der Waals surface area contributed by atoms with E-state index in [1.165, 1.54) is 5.56 Å². The van der Waals surface area contributed by atoms with E-state index in [0.717, 1.165) is 21.9 Å². The minimum absolute atomic E-state index is 0.191. The smallest absolute Gasteiger partial charge is 0.122 e. The minimum atomic E-state index is -0.191. The highest BCUT2D eigenvalue weighted by molar-refractivity contribution is 7.12. The van der Waals surface area contributed by atoms with Crippen molar-refractivity contribution < 1.29 is 9.94 Å². The van der Waals surface area contributed by atoms with Gasteiger partial charge in [-0.2, -0.15) is 0 Å². The predicted octanol–water partition coefficient (Wildman–Crippen LogP) is 3.64.